The first kappa shape index (κ1) is 22.9. The van der Waals surface area contributed by atoms with E-state index < -0.39 is 23.9 Å². The van der Waals surface area contributed by atoms with Crippen LogP contribution in [0.25, 0.3) is 10.4 Å². The Morgan fingerprint density at radius 1 is 1.18 bits per heavy atom. The van der Waals surface area contributed by atoms with Crippen LogP contribution >= 0.6 is 22.9 Å². The normalized spacial score (nSPS) is 12.8. The Balaban J connectivity index is 1.61. The molecule has 1 aliphatic carbocycles. The minimum absolute atomic E-state index is 0.147. The number of hydrogen-bond acceptors (Lipinski definition) is 7. The Kier molecular flexibility index (Phi) is 6.76. The van der Waals surface area contributed by atoms with Gasteiger partial charge in [0, 0.05) is 11.1 Å². The van der Waals surface area contributed by atoms with Gasteiger partial charge in [0.2, 0.25) is 0 Å². The van der Waals surface area contributed by atoms with Crippen molar-refractivity contribution in [1.29, 1.82) is 0 Å². The number of pyridine rings is 1. The van der Waals surface area contributed by atoms with Gasteiger partial charge in [-0.3, -0.25) is 4.79 Å². The number of carbonyl (C=O) groups excluding carboxylic acids is 3. The first-order valence-corrected chi connectivity index (χ1v) is 11.6. The van der Waals surface area contributed by atoms with Crippen LogP contribution in [0.2, 0.25) is 5.15 Å². The van der Waals surface area contributed by atoms with Crippen LogP contribution in [0.4, 0.5) is 5.00 Å². The van der Waals surface area contributed by atoms with Crippen LogP contribution in [0.1, 0.15) is 45.2 Å². The molecule has 0 saturated heterocycles. The van der Waals surface area contributed by atoms with Crippen molar-refractivity contribution in [2.24, 2.45) is 0 Å². The number of nitrogens with zero attached hydrogens (tertiary/aromatic N) is 1. The summed E-state index contributed by atoms with van der Waals surface area (Å²) in [6.45, 7) is 1.73. The van der Waals surface area contributed by atoms with Gasteiger partial charge in [0.15, 0.2) is 6.10 Å². The van der Waals surface area contributed by atoms with E-state index in [-0.39, 0.29) is 17.1 Å². The molecular weight excluding hydrogens is 464 g/mol. The standard InChI is InChI=1S/C24H21ClN2O5S/c1-3-17(32-23(29)14-10-11-26-18(25)12-14)21(28)27-22-19(24(30)31-2)16-9-8-13-6-4-5-7-15(13)20(16)33-22/h4-7,10-12,17H,3,8-9H2,1-2H3,(H,27,28). The molecule has 2 aromatic heterocycles. The number of hydrogen-bond donors (Lipinski definition) is 1. The van der Waals surface area contributed by atoms with Crippen LogP contribution in [0.5, 0.6) is 0 Å². The molecule has 0 aliphatic heterocycles. The minimum Gasteiger partial charge on any atom is -0.465 e. The summed E-state index contributed by atoms with van der Waals surface area (Å²) in [5.74, 6) is -1.73. The van der Waals surface area contributed by atoms with Crippen molar-refractivity contribution in [2.45, 2.75) is 32.3 Å². The third kappa shape index (κ3) is 4.62. The van der Waals surface area contributed by atoms with Crippen LogP contribution in [0.15, 0.2) is 42.6 Å². The fourth-order valence-electron chi connectivity index (χ4n) is 3.79. The summed E-state index contributed by atoms with van der Waals surface area (Å²) in [6, 6.07) is 10.8. The molecule has 0 saturated carbocycles. The molecule has 1 aromatic carbocycles. The number of esters is 2. The zero-order chi connectivity index (χ0) is 23.5. The van der Waals surface area contributed by atoms with Gasteiger partial charge in [-0.1, -0.05) is 42.8 Å². The maximum absolute atomic E-state index is 13.0. The van der Waals surface area contributed by atoms with Gasteiger partial charge in [0.25, 0.3) is 5.91 Å². The minimum atomic E-state index is -1.05. The van der Waals surface area contributed by atoms with Crippen LogP contribution in [0.3, 0.4) is 0 Å². The lowest BCUT2D eigenvalue weighted by molar-refractivity contribution is -0.124. The van der Waals surface area contributed by atoms with E-state index in [2.05, 4.69) is 16.4 Å². The summed E-state index contributed by atoms with van der Waals surface area (Å²) in [5.41, 5.74) is 3.64. The first-order chi connectivity index (χ1) is 15.9. The summed E-state index contributed by atoms with van der Waals surface area (Å²) in [5, 5.41) is 3.33. The molecule has 0 radical (unpaired) electrons. The highest BCUT2D eigenvalue weighted by Gasteiger charge is 2.31. The molecule has 1 aliphatic rings. The molecule has 4 rings (SSSR count). The molecule has 1 amide bonds. The number of aryl methyl sites for hydroxylation is 1. The van der Waals surface area contributed by atoms with E-state index in [4.69, 9.17) is 21.1 Å². The van der Waals surface area contributed by atoms with Gasteiger partial charge in [-0.05, 0) is 48.1 Å². The summed E-state index contributed by atoms with van der Waals surface area (Å²) in [6.07, 6.45) is 2.04. The van der Waals surface area contributed by atoms with Crippen LogP contribution in [-0.4, -0.2) is 36.0 Å². The number of benzene rings is 1. The van der Waals surface area contributed by atoms with E-state index in [1.807, 2.05) is 18.2 Å². The lowest BCUT2D eigenvalue weighted by atomic mass is 9.89. The summed E-state index contributed by atoms with van der Waals surface area (Å²) < 4.78 is 10.4. The third-order valence-corrected chi connectivity index (χ3v) is 6.80. The molecule has 3 aromatic rings. The number of aromatic nitrogens is 1. The average molecular weight is 485 g/mol. The van der Waals surface area contributed by atoms with Gasteiger partial charge in [-0.25, -0.2) is 14.6 Å². The fourth-order valence-corrected chi connectivity index (χ4v) is 5.26. The molecule has 0 fully saturated rings. The van der Waals surface area contributed by atoms with E-state index >= 15 is 0 Å². The Hall–Kier alpha value is -3.23. The largest absolute Gasteiger partial charge is 0.465 e. The second kappa shape index (κ2) is 9.72. The molecule has 1 N–H and O–H groups in total. The number of anilines is 1. The Bertz CT molecular complexity index is 1240. The zero-order valence-electron chi connectivity index (χ0n) is 18.0. The van der Waals surface area contributed by atoms with Crippen LogP contribution in [0, 0.1) is 0 Å². The molecular formula is C24H21ClN2O5S. The third-order valence-electron chi connectivity index (χ3n) is 5.41. The molecule has 0 spiro atoms. The van der Waals surface area contributed by atoms with E-state index in [1.165, 1.54) is 42.3 Å². The SMILES string of the molecule is CCC(OC(=O)c1ccnc(Cl)c1)C(=O)Nc1sc2c(c1C(=O)OC)CCc1ccccc1-2. The van der Waals surface area contributed by atoms with Gasteiger partial charge in [0.1, 0.15) is 10.2 Å². The fraction of sp³-hybridized carbons (Fsp3) is 0.250. The molecule has 0 bridgehead atoms. The maximum Gasteiger partial charge on any atom is 0.341 e. The molecule has 2 heterocycles. The predicted molar refractivity (Wildman–Crippen MR) is 126 cm³/mol. The maximum atomic E-state index is 13.0. The second-order valence-corrected chi connectivity index (χ2v) is 8.83. The molecule has 1 unspecified atom stereocenters. The van der Waals surface area contributed by atoms with Gasteiger partial charge < -0.3 is 14.8 Å². The number of halogens is 1. The number of methoxy groups -OCH3 is 1. The Labute approximate surface area is 199 Å². The lowest BCUT2D eigenvalue weighted by Gasteiger charge is -2.17. The number of carbonyl (C=O) groups is 3. The van der Waals surface area contributed by atoms with E-state index in [0.29, 0.717) is 17.0 Å². The highest BCUT2D eigenvalue weighted by atomic mass is 35.5. The Morgan fingerprint density at radius 2 is 1.97 bits per heavy atom. The van der Waals surface area contributed by atoms with E-state index in [1.54, 1.807) is 6.92 Å². The summed E-state index contributed by atoms with van der Waals surface area (Å²) >= 11 is 7.16. The van der Waals surface area contributed by atoms with Crippen molar-refractivity contribution >= 4 is 45.8 Å². The van der Waals surface area contributed by atoms with Crippen molar-refractivity contribution < 1.29 is 23.9 Å². The summed E-state index contributed by atoms with van der Waals surface area (Å²) in [4.78, 5) is 42.9. The number of nitrogens with one attached hydrogen (secondary N) is 1. The highest BCUT2D eigenvalue weighted by Crippen LogP contribution is 2.45. The molecule has 33 heavy (non-hydrogen) atoms. The molecule has 7 nitrogen and oxygen atoms in total. The predicted octanol–water partition coefficient (Wildman–Crippen LogP) is 4.92. The van der Waals surface area contributed by atoms with Gasteiger partial charge in [-0.2, -0.15) is 0 Å². The van der Waals surface area contributed by atoms with Crippen molar-refractivity contribution in [2.75, 3.05) is 12.4 Å². The van der Waals surface area contributed by atoms with E-state index in [0.717, 1.165) is 22.4 Å². The van der Waals surface area contributed by atoms with Crippen molar-refractivity contribution in [3.63, 3.8) is 0 Å². The van der Waals surface area contributed by atoms with Crippen molar-refractivity contribution in [3.8, 4) is 10.4 Å². The number of rotatable bonds is 6. The number of thiophene rings is 1. The van der Waals surface area contributed by atoms with Gasteiger partial charge in [-0.15, -0.1) is 11.3 Å². The molecule has 1 atom stereocenters. The monoisotopic (exact) mass is 484 g/mol. The van der Waals surface area contributed by atoms with Gasteiger partial charge in [0.05, 0.1) is 18.2 Å². The quantitative estimate of drug-likeness (QED) is 0.394. The average Bonchev–Trinajstić information content (AvgIpc) is 3.20. The topological polar surface area (TPSA) is 94.6 Å². The Morgan fingerprint density at radius 3 is 2.70 bits per heavy atom. The number of ether oxygens (including phenoxy) is 2. The molecule has 9 heteroatoms. The van der Waals surface area contributed by atoms with E-state index in [9.17, 15) is 14.4 Å². The van der Waals surface area contributed by atoms with Gasteiger partial charge >= 0.3 is 11.9 Å². The zero-order valence-corrected chi connectivity index (χ0v) is 19.6. The lowest BCUT2D eigenvalue weighted by Crippen LogP contribution is -2.32. The molecule has 170 valence electrons. The van der Waals surface area contributed by atoms with Crippen molar-refractivity contribution in [1.82, 2.24) is 4.98 Å². The first-order valence-electron chi connectivity index (χ1n) is 10.4. The number of amides is 1. The summed E-state index contributed by atoms with van der Waals surface area (Å²) in [7, 11) is 1.31. The van der Waals surface area contributed by atoms with Crippen molar-refractivity contribution in [3.05, 3.63) is 70.0 Å². The second-order valence-electron chi connectivity index (χ2n) is 7.42. The van der Waals surface area contributed by atoms with Crippen LogP contribution in [-0.2, 0) is 27.1 Å². The smallest absolute Gasteiger partial charge is 0.341 e. The number of fused-ring (bicyclic) bond motifs is 3. The van der Waals surface area contributed by atoms with Crippen LogP contribution < -0.4 is 5.32 Å². The highest BCUT2D eigenvalue weighted by molar-refractivity contribution is 7.20.